The number of rotatable bonds is 3. The van der Waals surface area contributed by atoms with Crippen molar-refractivity contribution in [2.24, 2.45) is 0 Å². The number of alkyl halides is 3. The molecule has 0 unspecified atom stereocenters. The maximum atomic E-state index is 5.49. The maximum absolute atomic E-state index is 5.49. The second-order valence-electron chi connectivity index (χ2n) is 2.43. The van der Waals surface area contributed by atoms with Gasteiger partial charge in [-0.1, -0.05) is 12.1 Å². The number of ether oxygens (including phenoxy) is 2. The van der Waals surface area contributed by atoms with Crippen LogP contribution in [0, 0.1) is 0 Å². The van der Waals surface area contributed by atoms with Gasteiger partial charge in [0, 0.05) is 0 Å². The molecule has 0 fully saturated rings. The van der Waals surface area contributed by atoms with Crippen molar-refractivity contribution in [1.82, 2.24) is 0 Å². The molecule has 0 saturated carbocycles. The third kappa shape index (κ3) is 3.82. The van der Waals surface area contributed by atoms with Crippen LogP contribution in [0.15, 0.2) is 24.3 Å². The molecular formula is C9H9Cl3O2. The van der Waals surface area contributed by atoms with Gasteiger partial charge in [-0.2, -0.15) is 0 Å². The summed E-state index contributed by atoms with van der Waals surface area (Å²) in [7, 11) is 0. The van der Waals surface area contributed by atoms with E-state index >= 15 is 0 Å². The van der Waals surface area contributed by atoms with Crippen LogP contribution in [-0.4, -0.2) is 10.6 Å². The number of hydrogen-bond acceptors (Lipinski definition) is 2. The fourth-order valence-corrected chi connectivity index (χ4v) is 1.18. The van der Waals surface area contributed by atoms with Gasteiger partial charge in [-0.15, -0.1) is 0 Å². The quantitative estimate of drug-likeness (QED) is 0.765. The molecule has 14 heavy (non-hydrogen) atoms. The first kappa shape index (κ1) is 11.8. The van der Waals surface area contributed by atoms with E-state index < -0.39 is 3.98 Å². The van der Waals surface area contributed by atoms with Crippen molar-refractivity contribution in [3.05, 3.63) is 24.3 Å². The van der Waals surface area contributed by atoms with Crippen LogP contribution in [0.4, 0.5) is 0 Å². The fourth-order valence-electron chi connectivity index (χ4n) is 0.934. The Hall–Kier alpha value is -0.310. The van der Waals surface area contributed by atoms with Crippen LogP contribution in [0.3, 0.4) is 0 Å². The summed E-state index contributed by atoms with van der Waals surface area (Å²) in [5, 5.41) is 0. The summed E-state index contributed by atoms with van der Waals surface area (Å²) in [4.78, 5) is 0. The zero-order valence-corrected chi connectivity index (χ0v) is 9.73. The Balaban J connectivity index is 2.84. The molecule has 5 heteroatoms. The molecule has 78 valence electrons. The minimum atomic E-state index is -1.77. The molecule has 0 saturated heterocycles. The molecule has 0 aliphatic heterocycles. The largest absolute Gasteiger partial charge is 0.490 e. The first-order valence-corrected chi connectivity index (χ1v) is 5.14. The number of para-hydroxylation sites is 2. The molecule has 0 radical (unpaired) electrons. The molecule has 0 aliphatic carbocycles. The summed E-state index contributed by atoms with van der Waals surface area (Å²) >= 11 is 16.5. The molecule has 2 nitrogen and oxygen atoms in total. The van der Waals surface area contributed by atoms with E-state index in [-0.39, 0.29) is 0 Å². The molecule has 0 spiro atoms. The molecule has 0 atom stereocenters. The van der Waals surface area contributed by atoms with E-state index in [1.165, 1.54) is 0 Å². The van der Waals surface area contributed by atoms with E-state index in [1.54, 1.807) is 18.2 Å². The Morgan fingerprint density at radius 1 is 1.14 bits per heavy atom. The van der Waals surface area contributed by atoms with E-state index in [1.807, 2.05) is 13.0 Å². The van der Waals surface area contributed by atoms with Crippen molar-refractivity contribution in [3.63, 3.8) is 0 Å². The van der Waals surface area contributed by atoms with Gasteiger partial charge in [0.2, 0.25) is 0 Å². The lowest BCUT2D eigenvalue weighted by atomic mass is 10.3. The molecule has 0 N–H and O–H groups in total. The van der Waals surface area contributed by atoms with E-state index in [0.717, 1.165) is 0 Å². The summed E-state index contributed by atoms with van der Waals surface area (Å²) in [5.74, 6) is 0.968. The Labute approximate surface area is 97.7 Å². The first-order valence-electron chi connectivity index (χ1n) is 4.00. The van der Waals surface area contributed by atoms with Crippen LogP contribution < -0.4 is 9.47 Å². The summed E-state index contributed by atoms with van der Waals surface area (Å²) < 4.78 is 8.57. The molecule has 0 amide bonds. The molecule has 0 aliphatic rings. The smallest absolute Gasteiger partial charge is 0.338 e. The van der Waals surface area contributed by atoms with E-state index in [2.05, 4.69) is 0 Å². The predicted octanol–water partition coefficient (Wildman–Crippen LogP) is 3.79. The van der Waals surface area contributed by atoms with Gasteiger partial charge < -0.3 is 9.47 Å². The number of hydrogen-bond donors (Lipinski definition) is 0. The van der Waals surface area contributed by atoms with Crippen molar-refractivity contribution >= 4 is 34.8 Å². The zero-order valence-electron chi connectivity index (χ0n) is 7.47. The molecule has 1 rings (SSSR count). The lowest BCUT2D eigenvalue weighted by Gasteiger charge is -2.16. The van der Waals surface area contributed by atoms with Crippen LogP contribution in [0.25, 0.3) is 0 Å². The Morgan fingerprint density at radius 2 is 1.71 bits per heavy atom. The first-order chi connectivity index (χ1) is 6.53. The fraction of sp³-hybridized carbons (Fsp3) is 0.333. The molecule has 0 aromatic heterocycles. The van der Waals surface area contributed by atoms with E-state index in [0.29, 0.717) is 18.1 Å². The minimum Gasteiger partial charge on any atom is -0.490 e. The lowest BCUT2D eigenvalue weighted by molar-refractivity contribution is 0.277. The molecule has 1 aromatic carbocycles. The van der Waals surface area contributed by atoms with Crippen molar-refractivity contribution in [3.8, 4) is 11.5 Å². The number of halogens is 3. The Bertz CT molecular complexity index is 296. The Morgan fingerprint density at radius 3 is 2.21 bits per heavy atom. The summed E-state index contributed by atoms with van der Waals surface area (Å²) in [6.45, 7) is 2.40. The predicted molar refractivity (Wildman–Crippen MR) is 58.5 cm³/mol. The summed E-state index contributed by atoms with van der Waals surface area (Å²) in [6, 6.07) is 7.01. The lowest BCUT2D eigenvalue weighted by Crippen LogP contribution is -2.13. The van der Waals surface area contributed by atoms with Gasteiger partial charge in [0.1, 0.15) is 0 Å². The van der Waals surface area contributed by atoms with Crippen molar-refractivity contribution < 1.29 is 9.47 Å². The molecular weight excluding hydrogens is 246 g/mol. The second-order valence-corrected chi connectivity index (χ2v) is 4.60. The van der Waals surface area contributed by atoms with Gasteiger partial charge in [-0.05, 0) is 53.9 Å². The average Bonchev–Trinajstić information content (AvgIpc) is 2.06. The highest BCUT2D eigenvalue weighted by Gasteiger charge is 2.23. The molecule has 1 aromatic rings. The third-order valence-electron chi connectivity index (χ3n) is 1.37. The summed E-state index contributed by atoms with van der Waals surface area (Å²) in [5.41, 5.74) is 0. The van der Waals surface area contributed by atoms with Gasteiger partial charge in [-0.3, -0.25) is 0 Å². The van der Waals surface area contributed by atoms with Gasteiger partial charge in [0.25, 0.3) is 0 Å². The van der Waals surface area contributed by atoms with Gasteiger partial charge in [-0.25, -0.2) is 0 Å². The monoisotopic (exact) mass is 254 g/mol. The van der Waals surface area contributed by atoms with Gasteiger partial charge >= 0.3 is 3.98 Å². The van der Waals surface area contributed by atoms with Crippen LogP contribution in [0.2, 0.25) is 0 Å². The summed E-state index contributed by atoms with van der Waals surface area (Å²) in [6.07, 6.45) is 0. The van der Waals surface area contributed by atoms with Crippen molar-refractivity contribution in [1.29, 1.82) is 0 Å². The number of benzene rings is 1. The van der Waals surface area contributed by atoms with Gasteiger partial charge in [0.15, 0.2) is 11.5 Å². The normalized spacial score (nSPS) is 11.1. The highest BCUT2D eigenvalue weighted by atomic mass is 35.6. The van der Waals surface area contributed by atoms with Crippen LogP contribution in [0.5, 0.6) is 11.5 Å². The van der Waals surface area contributed by atoms with E-state index in [4.69, 9.17) is 44.3 Å². The van der Waals surface area contributed by atoms with Crippen LogP contribution >= 0.6 is 34.8 Å². The second kappa shape index (κ2) is 4.96. The highest BCUT2D eigenvalue weighted by Crippen LogP contribution is 2.35. The molecule has 0 bridgehead atoms. The highest BCUT2D eigenvalue weighted by molar-refractivity contribution is 6.66. The molecule has 0 heterocycles. The van der Waals surface area contributed by atoms with Gasteiger partial charge in [0.05, 0.1) is 6.61 Å². The van der Waals surface area contributed by atoms with E-state index in [9.17, 15) is 0 Å². The topological polar surface area (TPSA) is 18.5 Å². The van der Waals surface area contributed by atoms with Crippen LogP contribution in [-0.2, 0) is 0 Å². The minimum absolute atomic E-state index is 0.411. The van der Waals surface area contributed by atoms with Crippen molar-refractivity contribution in [2.75, 3.05) is 6.61 Å². The Kier molecular flexibility index (Phi) is 4.17. The third-order valence-corrected chi connectivity index (χ3v) is 1.61. The standard InChI is InChI=1S/C9H9Cl3O2/c1-2-13-7-5-3-4-6-8(7)14-9(10,11)12/h3-6H,2H2,1H3. The zero-order chi connectivity index (χ0) is 10.6. The van der Waals surface area contributed by atoms with Crippen molar-refractivity contribution in [2.45, 2.75) is 10.9 Å². The maximum Gasteiger partial charge on any atom is 0.338 e. The SMILES string of the molecule is CCOc1ccccc1OC(Cl)(Cl)Cl. The van der Waals surface area contributed by atoms with Crippen LogP contribution in [0.1, 0.15) is 6.92 Å². The average molecular weight is 256 g/mol.